The van der Waals surface area contributed by atoms with Gasteiger partial charge in [-0.05, 0) is 17.3 Å². The van der Waals surface area contributed by atoms with E-state index < -0.39 is 0 Å². The number of nitrogens with zero attached hydrogens (tertiary/aromatic N) is 1. The van der Waals surface area contributed by atoms with Crippen LogP contribution in [-0.2, 0) is 0 Å². The molecule has 3 heteroatoms. The molecule has 0 saturated carbocycles. The first-order chi connectivity index (χ1) is 6.33. The van der Waals surface area contributed by atoms with E-state index in [0.717, 1.165) is 0 Å². The molecule has 0 aliphatic heterocycles. The molecule has 0 spiro atoms. The zero-order valence-electron chi connectivity index (χ0n) is 6.77. The van der Waals surface area contributed by atoms with Gasteiger partial charge >= 0.3 is 0 Å². The Kier molecular flexibility index (Phi) is 1.70. The van der Waals surface area contributed by atoms with E-state index in [4.69, 9.17) is 0 Å². The Bertz CT molecular complexity index is 465. The molecule has 1 N–H and O–H groups in total. The van der Waals surface area contributed by atoms with Crippen LogP contribution in [0.5, 0.6) is 5.75 Å². The lowest BCUT2D eigenvalue weighted by molar-refractivity contribution is 0.481. The van der Waals surface area contributed by atoms with Crippen molar-refractivity contribution in [3.8, 4) is 5.75 Å². The van der Waals surface area contributed by atoms with Crippen LogP contribution < -0.4 is 0 Å². The molecule has 0 unspecified atom stereocenters. The summed E-state index contributed by atoms with van der Waals surface area (Å²) >= 11 is 0. The fourth-order valence-electron chi connectivity index (χ4n) is 1.35. The van der Waals surface area contributed by atoms with E-state index in [2.05, 4.69) is 5.18 Å². The number of fused-ring (bicyclic) bond motifs is 1. The number of hydrogen-bond donors (Lipinski definition) is 1. The molecule has 0 heterocycles. The van der Waals surface area contributed by atoms with E-state index in [-0.39, 0.29) is 5.75 Å². The first-order valence-corrected chi connectivity index (χ1v) is 3.87. The normalized spacial score (nSPS) is 10.2. The Morgan fingerprint density at radius 3 is 2.38 bits per heavy atom. The van der Waals surface area contributed by atoms with Crippen LogP contribution >= 0.6 is 0 Å². The van der Waals surface area contributed by atoms with Gasteiger partial charge in [-0.15, -0.1) is 4.91 Å². The highest BCUT2D eigenvalue weighted by molar-refractivity contribution is 5.96. The number of hydrogen-bond acceptors (Lipinski definition) is 3. The highest BCUT2D eigenvalue weighted by Gasteiger charge is 2.03. The van der Waals surface area contributed by atoms with Crippen molar-refractivity contribution < 1.29 is 5.11 Å². The van der Waals surface area contributed by atoms with Crippen LogP contribution in [0, 0.1) is 4.91 Å². The molecule has 2 rings (SSSR count). The van der Waals surface area contributed by atoms with Crippen molar-refractivity contribution in [2.45, 2.75) is 0 Å². The van der Waals surface area contributed by atoms with Crippen molar-refractivity contribution in [2.75, 3.05) is 0 Å². The van der Waals surface area contributed by atoms with E-state index in [1.807, 2.05) is 0 Å². The van der Waals surface area contributed by atoms with Crippen molar-refractivity contribution in [3.05, 3.63) is 41.3 Å². The van der Waals surface area contributed by atoms with Crippen LogP contribution in [0.3, 0.4) is 0 Å². The molecule has 2 aromatic carbocycles. The highest BCUT2D eigenvalue weighted by Crippen LogP contribution is 2.31. The third-order valence-corrected chi connectivity index (χ3v) is 1.98. The topological polar surface area (TPSA) is 49.7 Å². The maximum atomic E-state index is 10.4. The van der Waals surface area contributed by atoms with Gasteiger partial charge in [0.2, 0.25) is 0 Å². The van der Waals surface area contributed by atoms with Gasteiger partial charge in [0.1, 0.15) is 11.4 Å². The molecule has 0 atom stereocenters. The van der Waals surface area contributed by atoms with Gasteiger partial charge in [-0.2, -0.15) is 0 Å². The minimum atomic E-state index is 0.169. The Morgan fingerprint density at radius 2 is 1.69 bits per heavy atom. The van der Waals surface area contributed by atoms with Gasteiger partial charge in [0, 0.05) is 10.8 Å². The summed E-state index contributed by atoms with van der Waals surface area (Å²) in [5, 5.41) is 13.7. The van der Waals surface area contributed by atoms with Crippen molar-refractivity contribution in [3.63, 3.8) is 0 Å². The molecule has 0 aliphatic rings. The monoisotopic (exact) mass is 173 g/mol. The zero-order chi connectivity index (χ0) is 9.26. The summed E-state index contributed by atoms with van der Waals surface area (Å²) in [7, 11) is 0. The summed E-state index contributed by atoms with van der Waals surface area (Å²) in [6.45, 7) is 0. The van der Waals surface area contributed by atoms with Gasteiger partial charge < -0.3 is 5.11 Å². The lowest BCUT2D eigenvalue weighted by Crippen LogP contribution is -1.73. The standard InChI is InChI=1S/C10H7NO2/c12-10-6-5-9(11-13)7-3-1-2-4-8(7)10/h1-6,12H. The van der Waals surface area contributed by atoms with Crippen molar-refractivity contribution in [2.24, 2.45) is 5.18 Å². The quantitative estimate of drug-likeness (QED) is 0.674. The molecule has 0 fully saturated rings. The molecule has 2 aromatic rings. The van der Waals surface area contributed by atoms with Crippen molar-refractivity contribution in [1.29, 1.82) is 0 Å². The van der Waals surface area contributed by atoms with Crippen LogP contribution in [0.4, 0.5) is 5.69 Å². The molecule has 3 nitrogen and oxygen atoms in total. The van der Waals surface area contributed by atoms with Gasteiger partial charge in [0.05, 0.1) is 0 Å². The maximum Gasteiger partial charge on any atom is 0.123 e. The van der Waals surface area contributed by atoms with Gasteiger partial charge in [0.15, 0.2) is 0 Å². The number of benzene rings is 2. The Balaban J connectivity index is 2.92. The van der Waals surface area contributed by atoms with E-state index in [1.165, 1.54) is 12.1 Å². The van der Waals surface area contributed by atoms with E-state index in [0.29, 0.717) is 16.5 Å². The molecular weight excluding hydrogens is 166 g/mol. The first-order valence-electron chi connectivity index (χ1n) is 3.87. The lowest BCUT2D eigenvalue weighted by Gasteiger charge is -2.00. The molecule has 0 aliphatic carbocycles. The highest BCUT2D eigenvalue weighted by atomic mass is 16.3. The molecule has 0 radical (unpaired) electrons. The largest absolute Gasteiger partial charge is 0.507 e. The van der Waals surface area contributed by atoms with Crippen molar-refractivity contribution in [1.82, 2.24) is 0 Å². The Hall–Kier alpha value is -1.90. The maximum absolute atomic E-state index is 10.4. The fraction of sp³-hybridized carbons (Fsp3) is 0. The van der Waals surface area contributed by atoms with Crippen LogP contribution in [0.2, 0.25) is 0 Å². The summed E-state index contributed by atoms with van der Waals surface area (Å²) in [5.74, 6) is 0.169. The second-order valence-corrected chi connectivity index (χ2v) is 2.74. The average molecular weight is 173 g/mol. The fourth-order valence-corrected chi connectivity index (χ4v) is 1.35. The molecular formula is C10H7NO2. The number of aromatic hydroxyl groups is 1. The molecule has 13 heavy (non-hydrogen) atoms. The second kappa shape index (κ2) is 2.86. The van der Waals surface area contributed by atoms with E-state index in [9.17, 15) is 10.0 Å². The molecule has 64 valence electrons. The van der Waals surface area contributed by atoms with E-state index in [1.54, 1.807) is 24.3 Å². The summed E-state index contributed by atoms with van der Waals surface area (Å²) in [6, 6.07) is 10.1. The van der Waals surface area contributed by atoms with Crippen LogP contribution in [-0.4, -0.2) is 5.11 Å². The Morgan fingerprint density at radius 1 is 1.00 bits per heavy atom. The minimum absolute atomic E-state index is 0.169. The number of phenolic OH excluding ortho intramolecular Hbond substituents is 1. The number of rotatable bonds is 1. The average Bonchev–Trinajstić information content (AvgIpc) is 2.19. The Labute approximate surface area is 74.6 Å². The first kappa shape index (κ1) is 7.73. The SMILES string of the molecule is O=Nc1ccc(O)c2ccccc12. The summed E-state index contributed by atoms with van der Waals surface area (Å²) in [6.07, 6.45) is 0. The van der Waals surface area contributed by atoms with Gasteiger partial charge in [-0.3, -0.25) is 0 Å². The summed E-state index contributed by atoms with van der Waals surface area (Å²) in [4.78, 5) is 10.4. The second-order valence-electron chi connectivity index (χ2n) is 2.74. The number of phenols is 1. The van der Waals surface area contributed by atoms with E-state index >= 15 is 0 Å². The van der Waals surface area contributed by atoms with Crippen LogP contribution in [0.25, 0.3) is 10.8 Å². The van der Waals surface area contributed by atoms with Gasteiger partial charge in [-0.1, -0.05) is 24.3 Å². The predicted octanol–water partition coefficient (Wildman–Crippen LogP) is 2.94. The molecule has 0 saturated heterocycles. The zero-order valence-corrected chi connectivity index (χ0v) is 6.77. The summed E-state index contributed by atoms with van der Waals surface area (Å²) < 4.78 is 0. The molecule has 0 aromatic heterocycles. The molecule has 0 amide bonds. The van der Waals surface area contributed by atoms with Crippen LogP contribution in [0.1, 0.15) is 0 Å². The minimum Gasteiger partial charge on any atom is -0.507 e. The van der Waals surface area contributed by atoms with Crippen LogP contribution in [0.15, 0.2) is 41.6 Å². The van der Waals surface area contributed by atoms with Gasteiger partial charge in [-0.25, -0.2) is 0 Å². The lowest BCUT2D eigenvalue weighted by atomic mass is 10.1. The van der Waals surface area contributed by atoms with Gasteiger partial charge in [0.25, 0.3) is 0 Å². The summed E-state index contributed by atoms with van der Waals surface area (Å²) in [5.41, 5.74) is 0.355. The smallest absolute Gasteiger partial charge is 0.123 e. The predicted molar refractivity (Wildman–Crippen MR) is 51.1 cm³/mol. The number of nitroso groups, excluding NO2 is 1. The van der Waals surface area contributed by atoms with Crippen molar-refractivity contribution >= 4 is 16.5 Å². The molecule has 0 bridgehead atoms. The third kappa shape index (κ3) is 1.14. The third-order valence-electron chi connectivity index (χ3n) is 1.98.